The van der Waals surface area contributed by atoms with Crippen molar-refractivity contribution in [3.63, 3.8) is 0 Å². The summed E-state index contributed by atoms with van der Waals surface area (Å²) in [5.74, 6) is 2.54. The van der Waals surface area contributed by atoms with E-state index in [0.717, 1.165) is 139 Å². The zero-order valence-electron chi connectivity index (χ0n) is 73.5. The van der Waals surface area contributed by atoms with Gasteiger partial charge in [0.25, 0.3) is 0 Å². The topological polar surface area (TPSA) is 92.1 Å². The van der Waals surface area contributed by atoms with Crippen molar-refractivity contribution in [2.45, 2.75) is 0 Å². The molecule has 6 heterocycles. The zero-order chi connectivity index (χ0) is 89.1. The Kier molecular flexibility index (Phi) is 15.2. The largest absolute Gasteiger partial charge is 0.292 e. The Morgan fingerprint density at radius 1 is 0.131 bits per heavy atom. The molecular formula is C128H71N9. The molecule has 9 heteroatoms. The van der Waals surface area contributed by atoms with Crippen molar-refractivity contribution in [2.24, 2.45) is 0 Å². The Bertz CT molecular complexity index is 10900. The van der Waals surface area contributed by atoms with E-state index in [4.69, 9.17) is 29.9 Å². The van der Waals surface area contributed by atoms with E-state index < -0.39 is 0 Å². The van der Waals surface area contributed by atoms with Crippen LogP contribution < -0.4 is 0 Å². The van der Waals surface area contributed by atoms with Crippen LogP contribution >= 0.6 is 0 Å². The van der Waals surface area contributed by atoms with Crippen LogP contribution in [0, 0.1) is 0 Å². The Labute approximate surface area is 780 Å². The van der Waals surface area contributed by atoms with Crippen LogP contribution in [-0.4, -0.2) is 43.6 Å². The van der Waals surface area contributed by atoms with Crippen molar-refractivity contribution < 1.29 is 0 Å². The number of para-hydroxylation sites is 2. The minimum Gasteiger partial charge on any atom is -0.292 e. The number of hydrogen-bond acceptors (Lipinski definition) is 6. The number of aromatic nitrogens is 9. The predicted octanol–water partition coefficient (Wildman–Crippen LogP) is 33.6. The van der Waals surface area contributed by atoms with Crippen molar-refractivity contribution in [1.29, 1.82) is 0 Å². The van der Waals surface area contributed by atoms with Gasteiger partial charge in [-0.3, -0.25) is 13.7 Å². The molecule has 0 radical (unpaired) electrons. The van der Waals surface area contributed by atoms with E-state index in [-0.39, 0.29) is 0 Å². The van der Waals surface area contributed by atoms with Gasteiger partial charge in [-0.15, -0.1) is 0 Å². The van der Waals surface area contributed by atoms with E-state index in [1.807, 2.05) is 12.1 Å². The lowest BCUT2D eigenvalue weighted by atomic mass is 9.86. The quantitative estimate of drug-likeness (QED) is 0.117. The zero-order valence-corrected chi connectivity index (χ0v) is 73.5. The molecule has 628 valence electrons. The van der Waals surface area contributed by atoms with Crippen LogP contribution in [0.5, 0.6) is 0 Å². The summed E-state index contributed by atoms with van der Waals surface area (Å²) in [6, 6.07) is 155. The number of nitrogens with zero attached hydrogens (tertiary/aromatic N) is 9. The monoisotopic (exact) mass is 1730 g/mol. The van der Waals surface area contributed by atoms with E-state index in [1.165, 1.54) is 173 Å². The molecule has 33 aromatic rings. The number of rotatable bonds is 7. The Balaban J connectivity index is 0.0000000955. The average molecular weight is 1740 g/mol. The first-order valence-electron chi connectivity index (χ1n) is 47.0. The molecule has 0 atom stereocenters. The van der Waals surface area contributed by atoms with Crippen LogP contribution in [0.15, 0.2) is 431 Å². The van der Waals surface area contributed by atoms with Crippen molar-refractivity contribution in [3.05, 3.63) is 431 Å². The minimum absolute atomic E-state index is 0.841. The van der Waals surface area contributed by atoms with Crippen molar-refractivity contribution in [3.8, 4) is 62.4 Å². The summed E-state index contributed by atoms with van der Waals surface area (Å²) in [6.45, 7) is 0. The molecule has 0 N–H and O–H groups in total. The van der Waals surface area contributed by atoms with Gasteiger partial charge in [0.15, 0.2) is 17.5 Å². The summed E-state index contributed by atoms with van der Waals surface area (Å²) in [7, 11) is 0. The molecule has 27 aromatic carbocycles. The first-order chi connectivity index (χ1) is 68.0. The third-order valence-electron chi connectivity index (χ3n) is 29.8. The highest BCUT2D eigenvalue weighted by atomic mass is 15.1. The van der Waals surface area contributed by atoms with Crippen molar-refractivity contribution in [1.82, 2.24) is 43.6 Å². The molecule has 0 bridgehead atoms. The van der Waals surface area contributed by atoms with Crippen molar-refractivity contribution >= 4 is 249 Å². The molecule has 0 aliphatic rings. The second kappa shape index (κ2) is 28.1. The fourth-order valence-corrected chi connectivity index (χ4v) is 24.2. The summed E-state index contributed by atoms with van der Waals surface area (Å²) in [4.78, 5) is 32.5. The van der Waals surface area contributed by atoms with Crippen LogP contribution in [-0.2, 0) is 0 Å². The van der Waals surface area contributed by atoms with Gasteiger partial charge in [-0.2, -0.15) is 0 Å². The predicted molar refractivity (Wildman–Crippen MR) is 576 cm³/mol. The first kappa shape index (κ1) is 74.2. The molecule has 33 rings (SSSR count). The van der Waals surface area contributed by atoms with Gasteiger partial charge in [0.1, 0.15) is 17.1 Å². The molecular weight excluding hydrogens is 1660 g/mol. The molecule has 0 saturated heterocycles. The van der Waals surface area contributed by atoms with Crippen LogP contribution in [0.3, 0.4) is 0 Å². The highest BCUT2D eigenvalue weighted by molar-refractivity contribution is 6.48. The number of fused-ring (bicyclic) bond motifs is 19. The van der Waals surface area contributed by atoms with Gasteiger partial charge in [-0.1, -0.05) is 364 Å². The molecule has 0 aliphatic carbocycles. The third kappa shape index (κ3) is 10.3. The van der Waals surface area contributed by atoms with Gasteiger partial charge >= 0.3 is 0 Å². The molecule has 0 spiro atoms. The maximum atomic E-state index is 5.54. The summed E-state index contributed by atoms with van der Waals surface area (Å²) in [6.07, 6.45) is 0. The fraction of sp³-hybridized carbons (Fsp3) is 0. The van der Waals surface area contributed by atoms with Gasteiger partial charge in [0, 0.05) is 75.9 Å². The number of benzene rings is 27. The van der Waals surface area contributed by atoms with Crippen LogP contribution in [0.4, 0.5) is 0 Å². The Hall–Kier alpha value is -18.4. The molecule has 0 aliphatic heterocycles. The highest BCUT2D eigenvalue weighted by Crippen LogP contribution is 2.56. The van der Waals surface area contributed by atoms with Crippen LogP contribution in [0.2, 0.25) is 0 Å². The van der Waals surface area contributed by atoms with Gasteiger partial charge in [-0.05, 0) is 202 Å². The molecule has 0 fully saturated rings. The second-order valence-electron chi connectivity index (χ2n) is 36.7. The van der Waals surface area contributed by atoms with E-state index in [2.05, 4.69) is 432 Å². The summed E-state index contributed by atoms with van der Waals surface area (Å²) < 4.78 is 7.10. The lowest BCUT2D eigenvalue weighted by molar-refractivity contribution is 1.08. The minimum atomic E-state index is 0.841. The maximum absolute atomic E-state index is 5.54. The summed E-state index contributed by atoms with van der Waals surface area (Å²) in [5, 5.41) is 43.6. The van der Waals surface area contributed by atoms with Gasteiger partial charge in [0.2, 0.25) is 0 Å². The van der Waals surface area contributed by atoms with Gasteiger partial charge < -0.3 is 0 Å². The lowest BCUT2D eigenvalue weighted by Gasteiger charge is -2.16. The average Bonchev–Trinajstić information content (AvgIpc) is 1.56. The highest BCUT2D eigenvalue weighted by Gasteiger charge is 2.32. The van der Waals surface area contributed by atoms with E-state index >= 15 is 0 Å². The molecule has 9 nitrogen and oxygen atoms in total. The summed E-state index contributed by atoms with van der Waals surface area (Å²) in [5.41, 5.74) is 20.4. The van der Waals surface area contributed by atoms with Crippen LogP contribution in [0.1, 0.15) is 0 Å². The summed E-state index contributed by atoms with van der Waals surface area (Å²) >= 11 is 0. The molecule has 0 saturated carbocycles. The first-order valence-corrected chi connectivity index (χ1v) is 47.0. The molecule has 0 amide bonds. The standard InChI is InChI=1S/C44H25N3.2C42H23N3/c1-2-11-26(12-3-1)27-13-8-14-28(25-27)43-44(46-36-21-7-6-20-35(36)45-43)47-37-22-10-19-33-32-18-9-17-31-29-15-4-5-16-30(29)34-23-24-38(47)42(40(33)37)41(34)39(31)32;1-2-11-25(12-3-1)40-42(43-33-22-20-24-10-4-5-13-26(24)41(33)44-40)45-34-19-9-18-31-30-17-8-16-29-27-14-6-7-15-28(27)32-21-23-35(45)39(37(31)34)38(32)36(29)30;1-2-11-25(12-3-1)40-42(44-41-26-13-5-4-10-24(26)20-22-33(41)43-40)45-34-19-9-18-31-30-17-8-16-29-27-14-6-7-15-28(27)32-21-23-35(45)39(37(31)34)38(32)36(29)30/h1-25H;2*1-23H. The Morgan fingerprint density at radius 3 is 0.818 bits per heavy atom. The fourth-order valence-electron chi connectivity index (χ4n) is 24.2. The molecule has 6 aromatic heterocycles. The maximum Gasteiger partial charge on any atom is 0.165 e. The lowest BCUT2D eigenvalue weighted by Crippen LogP contribution is -2.04. The van der Waals surface area contributed by atoms with Crippen LogP contribution in [0.25, 0.3) is 312 Å². The van der Waals surface area contributed by atoms with Crippen molar-refractivity contribution in [2.75, 3.05) is 0 Å². The second-order valence-corrected chi connectivity index (χ2v) is 36.7. The van der Waals surface area contributed by atoms with E-state index in [0.29, 0.717) is 0 Å². The molecule has 137 heavy (non-hydrogen) atoms. The number of hydrogen-bond donors (Lipinski definition) is 0. The Morgan fingerprint density at radius 2 is 0.394 bits per heavy atom. The molecule has 0 unspecified atom stereocenters. The smallest absolute Gasteiger partial charge is 0.165 e. The van der Waals surface area contributed by atoms with E-state index in [1.54, 1.807) is 0 Å². The van der Waals surface area contributed by atoms with E-state index in [9.17, 15) is 0 Å². The van der Waals surface area contributed by atoms with Gasteiger partial charge in [0.05, 0.1) is 66.2 Å². The van der Waals surface area contributed by atoms with Gasteiger partial charge in [-0.25, -0.2) is 29.9 Å². The normalized spacial score (nSPS) is 12.4. The SMILES string of the molecule is c1ccc(-c2cccc(-c3nc4ccccc4nc3-n3c4cccc5c6cccc7c8ccccc8c8ccc3c(c8c76)c54)c2)cc1.c1ccc(-c2nc3c(ccc4ccccc43)nc2-n2c3cccc4c5cccc6c7ccccc7c7ccc2c(c7c65)c43)cc1.c1ccc(-c2nc3ccc4ccccc4c3nc2-n2c3cccc4c5cccc6c7ccccc7c7ccc2c(c7c65)c43)cc1. The third-order valence-corrected chi connectivity index (χ3v) is 29.8.